The van der Waals surface area contributed by atoms with Crippen molar-refractivity contribution >= 4 is 34.8 Å². The van der Waals surface area contributed by atoms with Crippen molar-refractivity contribution in [1.29, 1.82) is 0 Å². The van der Waals surface area contributed by atoms with Gasteiger partial charge in [0, 0.05) is 22.8 Å². The maximum Gasteiger partial charge on any atom is 0.265 e. The van der Waals surface area contributed by atoms with Crippen LogP contribution in [-0.2, 0) is 4.79 Å². The smallest absolute Gasteiger partial charge is 0.265 e. The van der Waals surface area contributed by atoms with E-state index < -0.39 is 0 Å². The van der Waals surface area contributed by atoms with E-state index in [1.54, 1.807) is 54.5 Å². The zero-order valence-electron chi connectivity index (χ0n) is 18.0. The number of anilines is 2. The first kappa shape index (κ1) is 22.5. The Hall–Kier alpha value is -3.71. The predicted octanol–water partition coefficient (Wildman–Crippen LogP) is 4.80. The molecule has 0 atom stereocenters. The Kier molecular flexibility index (Phi) is 7.00. The van der Waals surface area contributed by atoms with E-state index in [-0.39, 0.29) is 18.4 Å². The summed E-state index contributed by atoms with van der Waals surface area (Å²) in [6.07, 6.45) is 0.621. The highest BCUT2D eigenvalue weighted by molar-refractivity contribution is 6.31. The molecule has 1 aliphatic heterocycles. The van der Waals surface area contributed by atoms with Crippen LogP contribution in [-0.4, -0.2) is 38.7 Å². The molecule has 0 unspecified atom stereocenters. The van der Waals surface area contributed by atoms with Crippen LogP contribution in [0, 0.1) is 0 Å². The number of amides is 2. The molecule has 1 aliphatic rings. The molecule has 4 rings (SSSR count). The molecule has 2 amide bonds. The molecule has 33 heavy (non-hydrogen) atoms. The molecule has 0 aliphatic carbocycles. The van der Waals surface area contributed by atoms with Gasteiger partial charge in [-0.25, -0.2) is 0 Å². The lowest BCUT2D eigenvalue weighted by atomic mass is 10.1. The molecule has 8 heteroatoms. The number of hydrogen-bond donors (Lipinski definition) is 1. The molecule has 0 saturated heterocycles. The molecular weight excluding hydrogens is 444 g/mol. The molecule has 0 spiro atoms. The largest absolute Gasteiger partial charge is 0.497 e. The summed E-state index contributed by atoms with van der Waals surface area (Å²) in [6.45, 7) is 0.870. The van der Waals surface area contributed by atoms with Crippen LogP contribution in [0.1, 0.15) is 16.8 Å². The summed E-state index contributed by atoms with van der Waals surface area (Å²) < 4.78 is 16.5. The van der Waals surface area contributed by atoms with Gasteiger partial charge in [0.15, 0.2) is 6.61 Å². The number of rotatable bonds is 8. The van der Waals surface area contributed by atoms with Crippen molar-refractivity contribution in [2.75, 3.05) is 37.1 Å². The van der Waals surface area contributed by atoms with Crippen LogP contribution in [0.15, 0.2) is 66.7 Å². The normalized spacial score (nSPS) is 12.5. The minimum atomic E-state index is -0.292. The highest BCUT2D eigenvalue weighted by Crippen LogP contribution is 2.35. The summed E-state index contributed by atoms with van der Waals surface area (Å²) in [5.74, 6) is 1.64. The molecule has 7 nitrogen and oxygen atoms in total. The van der Waals surface area contributed by atoms with Crippen molar-refractivity contribution < 1.29 is 23.8 Å². The fraction of sp³-hybridized carbons (Fsp3) is 0.200. The van der Waals surface area contributed by atoms with Crippen LogP contribution in [0.4, 0.5) is 11.4 Å². The van der Waals surface area contributed by atoms with Crippen molar-refractivity contribution in [2.24, 2.45) is 0 Å². The van der Waals surface area contributed by atoms with E-state index in [0.717, 1.165) is 11.5 Å². The highest BCUT2D eigenvalue weighted by Gasteiger charge is 2.25. The van der Waals surface area contributed by atoms with Crippen molar-refractivity contribution in [3.63, 3.8) is 0 Å². The van der Waals surface area contributed by atoms with Gasteiger partial charge in [-0.2, -0.15) is 0 Å². The first-order chi connectivity index (χ1) is 16.0. The van der Waals surface area contributed by atoms with Gasteiger partial charge in [-0.05, 0) is 67.1 Å². The van der Waals surface area contributed by atoms with Gasteiger partial charge in [-0.1, -0.05) is 17.7 Å². The summed E-state index contributed by atoms with van der Waals surface area (Å²) in [5, 5.41) is 3.32. The van der Waals surface area contributed by atoms with E-state index in [1.165, 1.54) is 0 Å². The first-order valence-electron chi connectivity index (χ1n) is 10.4. The van der Waals surface area contributed by atoms with Crippen LogP contribution in [0.3, 0.4) is 0 Å². The van der Waals surface area contributed by atoms with Crippen LogP contribution in [0.2, 0.25) is 5.02 Å². The zero-order chi connectivity index (χ0) is 23.2. The van der Waals surface area contributed by atoms with E-state index in [0.29, 0.717) is 47.3 Å². The minimum Gasteiger partial charge on any atom is -0.497 e. The summed E-state index contributed by atoms with van der Waals surface area (Å²) in [4.78, 5) is 26.7. The second-order valence-electron chi connectivity index (χ2n) is 7.36. The van der Waals surface area contributed by atoms with Gasteiger partial charge in [0.2, 0.25) is 0 Å². The Labute approximate surface area is 196 Å². The summed E-state index contributed by atoms with van der Waals surface area (Å²) in [7, 11) is 1.61. The van der Waals surface area contributed by atoms with Crippen LogP contribution >= 0.6 is 11.6 Å². The third kappa shape index (κ3) is 5.56. The molecule has 0 saturated carbocycles. The van der Waals surface area contributed by atoms with Crippen molar-refractivity contribution in [1.82, 2.24) is 0 Å². The fourth-order valence-electron chi connectivity index (χ4n) is 3.44. The standard InChI is InChI=1S/C25H23ClN2O5/c1-31-20-7-9-21(10-8-20)32-13-3-12-28-22-15-19(6-11-23(22)33-16-24(28)29)27-25(30)17-4-2-5-18(26)14-17/h2,4-11,14-15H,3,12-13,16H2,1H3,(H,27,30). The Bertz CT molecular complexity index is 1150. The third-order valence-corrected chi connectivity index (χ3v) is 5.34. The SMILES string of the molecule is COc1ccc(OCCCN2C(=O)COc3ccc(NC(=O)c4cccc(Cl)c4)cc32)cc1. The molecular formula is C25H23ClN2O5. The third-order valence-electron chi connectivity index (χ3n) is 5.10. The van der Waals surface area contributed by atoms with Gasteiger partial charge >= 0.3 is 0 Å². The summed E-state index contributed by atoms with van der Waals surface area (Å²) >= 11 is 5.98. The lowest BCUT2D eigenvalue weighted by molar-refractivity contribution is -0.121. The lowest BCUT2D eigenvalue weighted by Crippen LogP contribution is -2.39. The number of benzene rings is 3. The Morgan fingerprint density at radius 2 is 1.88 bits per heavy atom. The van der Waals surface area contributed by atoms with Crippen molar-refractivity contribution in [3.8, 4) is 17.2 Å². The number of nitrogens with one attached hydrogen (secondary N) is 1. The number of fused-ring (bicyclic) bond motifs is 1. The van der Waals surface area contributed by atoms with Crippen LogP contribution in [0.25, 0.3) is 0 Å². The van der Waals surface area contributed by atoms with Gasteiger partial charge in [0.25, 0.3) is 11.8 Å². The Balaban J connectivity index is 1.40. The molecule has 1 heterocycles. The van der Waals surface area contributed by atoms with E-state index in [4.69, 9.17) is 25.8 Å². The molecule has 1 N–H and O–H groups in total. The molecule has 3 aromatic carbocycles. The summed E-state index contributed by atoms with van der Waals surface area (Å²) in [6, 6.07) is 19.2. The summed E-state index contributed by atoms with van der Waals surface area (Å²) in [5.41, 5.74) is 1.61. The maximum atomic E-state index is 12.6. The number of methoxy groups -OCH3 is 1. The molecule has 170 valence electrons. The van der Waals surface area contributed by atoms with Gasteiger partial charge in [-0.3, -0.25) is 9.59 Å². The number of ether oxygens (including phenoxy) is 3. The molecule has 0 aromatic heterocycles. The molecule has 0 radical (unpaired) electrons. The number of halogens is 1. The zero-order valence-corrected chi connectivity index (χ0v) is 18.8. The van der Waals surface area contributed by atoms with E-state index in [1.807, 2.05) is 24.3 Å². The van der Waals surface area contributed by atoms with Crippen LogP contribution < -0.4 is 24.4 Å². The minimum absolute atomic E-state index is 0.0272. The second-order valence-corrected chi connectivity index (χ2v) is 7.80. The number of carbonyl (C=O) groups excluding carboxylic acids is 2. The average Bonchev–Trinajstić information content (AvgIpc) is 2.83. The lowest BCUT2D eigenvalue weighted by Gasteiger charge is -2.30. The quantitative estimate of drug-likeness (QED) is 0.483. The monoisotopic (exact) mass is 466 g/mol. The molecule has 0 fully saturated rings. The van der Waals surface area contributed by atoms with E-state index in [9.17, 15) is 9.59 Å². The van der Waals surface area contributed by atoms with E-state index >= 15 is 0 Å². The molecule has 3 aromatic rings. The second kappa shape index (κ2) is 10.3. The Morgan fingerprint density at radius 1 is 1.09 bits per heavy atom. The van der Waals surface area contributed by atoms with Gasteiger partial charge < -0.3 is 24.4 Å². The van der Waals surface area contributed by atoms with Gasteiger partial charge in [0.1, 0.15) is 17.2 Å². The topological polar surface area (TPSA) is 77.1 Å². The van der Waals surface area contributed by atoms with Gasteiger partial charge in [-0.15, -0.1) is 0 Å². The van der Waals surface area contributed by atoms with Crippen molar-refractivity contribution in [3.05, 3.63) is 77.3 Å². The van der Waals surface area contributed by atoms with Gasteiger partial charge in [0.05, 0.1) is 19.4 Å². The number of carbonyl (C=O) groups is 2. The van der Waals surface area contributed by atoms with E-state index in [2.05, 4.69) is 5.32 Å². The van der Waals surface area contributed by atoms with Crippen molar-refractivity contribution in [2.45, 2.75) is 6.42 Å². The number of hydrogen-bond acceptors (Lipinski definition) is 5. The first-order valence-corrected chi connectivity index (χ1v) is 10.8. The maximum absolute atomic E-state index is 12.6. The molecule has 0 bridgehead atoms. The highest BCUT2D eigenvalue weighted by atomic mass is 35.5. The predicted molar refractivity (Wildman–Crippen MR) is 127 cm³/mol. The number of nitrogens with zero attached hydrogens (tertiary/aromatic N) is 1. The van der Waals surface area contributed by atoms with Crippen LogP contribution in [0.5, 0.6) is 17.2 Å². The average molecular weight is 467 g/mol. The fourth-order valence-corrected chi connectivity index (χ4v) is 3.63. The Morgan fingerprint density at radius 3 is 2.64 bits per heavy atom.